The average molecular weight is 515 g/mol. The van der Waals surface area contributed by atoms with E-state index in [-0.39, 0.29) is 36.5 Å². The van der Waals surface area contributed by atoms with Gasteiger partial charge in [-0.15, -0.1) is 34.2 Å². The molecule has 0 radical (unpaired) electrons. The highest BCUT2D eigenvalue weighted by molar-refractivity contribution is 14.0. The third-order valence-electron chi connectivity index (χ3n) is 3.98. The zero-order chi connectivity index (χ0) is 20.2. The van der Waals surface area contributed by atoms with Crippen LogP contribution in [0.2, 0.25) is 0 Å². The smallest absolute Gasteiger partial charge is 0.257 e. The summed E-state index contributed by atoms with van der Waals surface area (Å²) in [5, 5.41) is 17.3. The monoisotopic (exact) mass is 515 g/mol. The molecule has 160 valence electrons. The minimum atomic E-state index is -0.130. The van der Waals surface area contributed by atoms with Gasteiger partial charge in [0, 0.05) is 39.6 Å². The molecule has 3 N–H and O–H groups in total. The summed E-state index contributed by atoms with van der Waals surface area (Å²) >= 11 is 0. The zero-order valence-electron chi connectivity index (χ0n) is 17.1. The second-order valence-electron chi connectivity index (χ2n) is 6.04. The van der Waals surface area contributed by atoms with Crippen LogP contribution in [0.4, 0.5) is 0 Å². The van der Waals surface area contributed by atoms with Gasteiger partial charge in [-0.3, -0.25) is 9.79 Å². The lowest BCUT2D eigenvalue weighted by Crippen LogP contribution is -2.38. The van der Waals surface area contributed by atoms with E-state index in [1.54, 1.807) is 13.4 Å². The van der Waals surface area contributed by atoms with Gasteiger partial charge in [0.15, 0.2) is 12.6 Å². The van der Waals surface area contributed by atoms with E-state index in [1.165, 1.54) is 0 Å². The van der Waals surface area contributed by atoms with Crippen molar-refractivity contribution in [2.24, 2.45) is 4.99 Å². The summed E-state index contributed by atoms with van der Waals surface area (Å²) in [6.45, 7) is 6.60. The molecule has 1 amide bonds. The standard InChI is InChI=1S/C19H29N7O2.HI/c1-4-17-25-24-14-26(17)10-9-22-19(20-3)23-12-15-7-6-8-16(11-15)28-13-18(27)21-5-2;/h6-8,11,14H,4-5,9-10,12-13H2,1-3H3,(H,21,27)(H2,20,22,23);1H. The molecule has 0 bridgehead atoms. The van der Waals surface area contributed by atoms with Crippen molar-refractivity contribution in [3.05, 3.63) is 42.0 Å². The molecule has 9 nitrogen and oxygen atoms in total. The number of carbonyl (C=O) groups is 1. The van der Waals surface area contributed by atoms with E-state index >= 15 is 0 Å². The molecule has 1 heterocycles. The number of aryl methyl sites for hydroxylation is 1. The summed E-state index contributed by atoms with van der Waals surface area (Å²) < 4.78 is 7.55. The molecule has 1 aromatic carbocycles. The molecule has 29 heavy (non-hydrogen) atoms. The molecule has 1 aromatic heterocycles. The van der Waals surface area contributed by atoms with Crippen LogP contribution in [0.3, 0.4) is 0 Å². The predicted octanol–water partition coefficient (Wildman–Crippen LogP) is 1.34. The van der Waals surface area contributed by atoms with Crippen molar-refractivity contribution in [2.45, 2.75) is 33.4 Å². The normalized spacial score (nSPS) is 10.8. The molecule has 0 saturated heterocycles. The van der Waals surface area contributed by atoms with E-state index in [2.05, 4.69) is 38.1 Å². The molecule has 0 spiro atoms. The van der Waals surface area contributed by atoms with Gasteiger partial charge in [-0.2, -0.15) is 0 Å². The minimum Gasteiger partial charge on any atom is -0.484 e. The number of nitrogens with one attached hydrogen (secondary N) is 3. The Balaban J connectivity index is 0.00000420. The Labute approximate surface area is 188 Å². The number of carbonyl (C=O) groups excluding carboxylic acids is 1. The summed E-state index contributed by atoms with van der Waals surface area (Å²) in [4.78, 5) is 15.7. The van der Waals surface area contributed by atoms with Gasteiger partial charge in [0.2, 0.25) is 0 Å². The third kappa shape index (κ3) is 8.67. The van der Waals surface area contributed by atoms with Crippen LogP contribution < -0.4 is 20.7 Å². The molecule has 2 aromatic rings. The van der Waals surface area contributed by atoms with Gasteiger partial charge in [0.05, 0.1) is 0 Å². The quantitative estimate of drug-likeness (QED) is 0.251. The van der Waals surface area contributed by atoms with Crippen molar-refractivity contribution in [2.75, 3.05) is 26.7 Å². The Bertz CT molecular complexity index is 779. The predicted molar refractivity (Wildman–Crippen MR) is 124 cm³/mol. The van der Waals surface area contributed by atoms with Gasteiger partial charge in [-0.25, -0.2) is 0 Å². The van der Waals surface area contributed by atoms with Crippen LogP contribution in [0.5, 0.6) is 5.75 Å². The van der Waals surface area contributed by atoms with Gasteiger partial charge in [0.25, 0.3) is 5.91 Å². The van der Waals surface area contributed by atoms with Crippen LogP contribution >= 0.6 is 24.0 Å². The highest BCUT2D eigenvalue weighted by atomic mass is 127. The molecular formula is C19H30IN7O2. The van der Waals surface area contributed by atoms with Crippen LogP contribution in [0, 0.1) is 0 Å². The first-order valence-corrected chi connectivity index (χ1v) is 9.45. The fourth-order valence-electron chi connectivity index (χ4n) is 2.58. The maximum Gasteiger partial charge on any atom is 0.257 e. The molecule has 0 aliphatic rings. The number of likely N-dealkylation sites (N-methyl/N-ethyl adjacent to an activating group) is 1. The summed E-state index contributed by atoms with van der Waals surface area (Å²) in [6, 6.07) is 7.63. The number of hydrogen-bond acceptors (Lipinski definition) is 5. The number of ether oxygens (including phenoxy) is 1. The number of guanidine groups is 1. The van der Waals surface area contributed by atoms with Gasteiger partial charge in [-0.1, -0.05) is 19.1 Å². The van der Waals surface area contributed by atoms with Crippen molar-refractivity contribution < 1.29 is 9.53 Å². The Morgan fingerprint density at radius 1 is 1.24 bits per heavy atom. The van der Waals surface area contributed by atoms with E-state index in [4.69, 9.17) is 4.74 Å². The van der Waals surface area contributed by atoms with E-state index in [0.29, 0.717) is 31.3 Å². The molecule has 0 fully saturated rings. The molecular weight excluding hydrogens is 485 g/mol. The van der Waals surface area contributed by atoms with Crippen LogP contribution in [0.25, 0.3) is 0 Å². The first-order chi connectivity index (χ1) is 13.7. The Kier molecular flexibility index (Phi) is 11.7. The van der Waals surface area contributed by atoms with Crippen molar-refractivity contribution in [3.8, 4) is 5.75 Å². The van der Waals surface area contributed by atoms with Crippen LogP contribution in [0.15, 0.2) is 35.6 Å². The van der Waals surface area contributed by atoms with Crippen molar-refractivity contribution in [3.63, 3.8) is 0 Å². The molecule has 10 heteroatoms. The number of amides is 1. The van der Waals surface area contributed by atoms with Crippen molar-refractivity contribution in [1.29, 1.82) is 0 Å². The fourth-order valence-corrected chi connectivity index (χ4v) is 2.58. The lowest BCUT2D eigenvalue weighted by molar-refractivity contribution is -0.122. The first kappa shape index (κ1) is 24.7. The Hall–Kier alpha value is -2.37. The maximum absolute atomic E-state index is 11.5. The Morgan fingerprint density at radius 3 is 2.79 bits per heavy atom. The lowest BCUT2D eigenvalue weighted by Gasteiger charge is -2.13. The highest BCUT2D eigenvalue weighted by Gasteiger charge is 2.04. The summed E-state index contributed by atoms with van der Waals surface area (Å²) in [6.07, 6.45) is 2.59. The molecule has 0 unspecified atom stereocenters. The van der Waals surface area contributed by atoms with E-state index < -0.39 is 0 Å². The van der Waals surface area contributed by atoms with E-state index in [1.807, 2.05) is 35.8 Å². The first-order valence-electron chi connectivity index (χ1n) is 9.45. The SMILES string of the molecule is CCNC(=O)COc1cccc(CNC(=NC)NCCn2cnnc2CC)c1.I. The van der Waals surface area contributed by atoms with Gasteiger partial charge < -0.3 is 25.3 Å². The molecule has 2 rings (SSSR count). The lowest BCUT2D eigenvalue weighted by atomic mass is 10.2. The van der Waals surface area contributed by atoms with E-state index in [0.717, 1.165) is 24.4 Å². The molecule has 0 saturated carbocycles. The van der Waals surface area contributed by atoms with Crippen molar-refractivity contribution >= 4 is 35.8 Å². The number of aliphatic imine (C=N–C) groups is 1. The second kappa shape index (κ2) is 13.7. The van der Waals surface area contributed by atoms with Gasteiger partial charge in [0.1, 0.15) is 17.9 Å². The summed E-state index contributed by atoms with van der Waals surface area (Å²) in [5.74, 6) is 2.21. The van der Waals surface area contributed by atoms with E-state index in [9.17, 15) is 4.79 Å². The number of hydrogen-bond donors (Lipinski definition) is 3. The van der Waals surface area contributed by atoms with Gasteiger partial charge in [-0.05, 0) is 24.6 Å². The van der Waals surface area contributed by atoms with Crippen LogP contribution in [-0.2, 0) is 24.3 Å². The third-order valence-corrected chi connectivity index (χ3v) is 3.98. The number of aromatic nitrogens is 3. The Morgan fingerprint density at radius 2 is 2.07 bits per heavy atom. The van der Waals surface area contributed by atoms with Crippen molar-refractivity contribution in [1.82, 2.24) is 30.7 Å². The summed E-state index contributed by atoms with van der Waals surface area (Å²) in [7, 11) is 1.73. The average Bonchev–Trinajstić information content (AvgIpc) is 3.17. The second-order valence-corrected chi connectivity index (χ2v) is 6.04. The molecule has 0 atom stereocenters. The number of rotatable bonds is 10. The number of halogens is 1. The topological polar surface area (TPSA) is 105 Å². The zero-order valence-corrected chi connectivity index (χ0v) is 19.5. The summed E-state index contributed by atoms with van der Waals surface area (Å²) in [5.41, 5.74) is 1.03. The van der Waals surface area contributed by atoms with Crippen LogP contribution in [-0.4, -0.2) is 53.4 Å². The molecule has 0 aliphatic heterocycles. The number of nitrogens with zero attached hydrogens (tertiary/aromatic N) is 4. The number of benzene rings is 1. The van der Waals surface area contributed by atoms with Crippen LogP contribution in [0.1, 0.15) is 25.2 Å². The fraction of sp³-hybridized carbons (Fsp3) is 0.474. The molecule has 0 aliphatic carbocycles. The highest BCUT2D eigenvalue weighted by Crippen LogP contribution is 2.13. The maximum atomic E-state index is 11.5. The minimum absolute atomic E-state index is 0. The van der Waals surface area contributed by atoms with Gasteiger partial charge >= 0.3 is 0 Å². The largest absolute Gasteiger partial charge is 0.484 e.